The number of aliphatic hydroxyl groups is 2. The lowest BCUT2D eigenvalue weighted by molar-refractivity contribution is 0.0620. The second kappa shape index (κ2) is 23.4. The molecule has 2 unspecified atom stereocenters. The summed E-state index contributed by atoms with van der Waals surface area (Å²) in [6.07, 6.45) is 6.75. The van der Waals surface area contributed by atoms with E-state index in [1.54, 1.807) is 46.2 Å². The lowest BCUT2D eigenvalue weighted by atomic mass is 9.93. The van der Waals surface area contributed by atoms with Gasteiger partial charge in [-0.2, -0.15) is 0 Å². The third-order valence-electron chi connectivity index (χ3n) is 8.87. The molecule has 4 N–H and O–H groups in total. The van der Waals surface area contributed by atoms with Gasteiger partial charge >= 0.3 is 0 Å². The number of anilines is 1. The Balaban J connectivity index is 0.00000442. The fourth-order valence-corrected chi connectivity index (χ4v) is 6.37. The van der Waals surface area contributed by atoms with Crippen molar-refractivity contribution >= 4 is 23.4 Å². The van der Waals surface area contributed by atoms with E-state index in [0.717, 1.165) is 50.1 Å². The number of benzene rings is 2. The van der Waals surface area contributed by atoms with Gasteiger partial charge in [0.05, 0.1) is 5.83 Å². The van der Waals surface area contributed by atoms with Crippen molar-refractivity contribution in [1.82, 2.24) is 15.1 Å². The highest BCUT2D eigenvalue weighted by Gasteiger charge is 2.25. The van der Waals surface area contributed by atoms with Crippen molar-refractivity contribution in [2.45, 2.75) is 71.8 Å². The molecule has 1 fully saturated rings. The van der Waals surface area contributed by atoms with E-state index in [0.29, 0.717) is 62.3 Å². The highest BCUT2D eigenvalue weighted by Crippen LogP contribution is 2.23. The second-order valence-electron chi connectivity index (χ2n) is 13.0. The molecule has 0 bridgehead atoms. The summed E-state index contributed by atoms with van der Waals surface area (Å²) in [4.78, 5) is 43.8. The quantitative estimate of drug-likeness (QED) is 0.120. The van der Waals surface area contributed by atoms with Crippen molar-refractivity contribution in [3.8, 4) is 0 Å². The minimum atomic E-state index is -0.899. The lowest BCUT2D eigenvalue weighted by Crippen LogP contribution is -2.40. The minimum absolute atomic E-state index is 0.0290. The van der Waals surface area contributed by atoms with Crippen molar-refractivity contribution in [2.24, 2.45) is 11.8 Å². The van der Waals surface area contributed by atoms with Gasteiger partial charge in [0.1, 0.15) is 6.67 Å². The molecule has 0 spiro atoms. The molecule has 3 atom stereocenters. The topological polar surface area (TPSA) is 122 Å². The average molecular weight is 713 g/mol. The van der Waals surface area contributed by atoms with Gasteiger partial charge in [-0.1, -0.05) is 26.0 Å². The Kier molecular flexibility index (Phi) is 19.8. The van der Waals surface area contributed by atoms with E-state index in [1.165, 1.54) is 0 Å². The fraction of sp³-hybridized carbons (Fsp3) is 0.525. The molecule has 0 saturated carbocycles. The first-order valence-corrected chi connectivity index (χ1v) is 18.1. The third kappa shape index (κ3) is 14.2. The zero-order chi connectivity index (χ0) is 37.8. The van der Waals surface area contributed by atoms with E-state index in [4.69, 9.17) is 5.11 Å². The van der Waals surface area contributed by atoms with E-state index >= 15 is 0 Å². The number of carbonyl (C=O) groups is 3. The number of aryl methyl sites for hydroxylation is 1. The number of nitrogens with zero attached hydrogens (tertiary/aromatic N) is 2. The summed E-state index contributed by atoms with van der Waals surface area (Å²) in [5.41, 5.74) is 2.90. The van der Waals surface area contributed by atoms with Gasteiger partial charge in [-0.05, 0) is 105 Å². The van der Waals surface area contributed by atoms with Crippen LogP contribution in [0.25, 0.3) is 0 Å². The van der Waals surface area contributed by atoms with Gasteiger partial charge in [-0.15, -0.1) is 6.58 Å². The van der Waals surface area contributed by atoms with Crippen LogP contribution in [0, 0.1) is 18.8 Å². The van der Waals surface area contributed by atoms with Crippen LogP contribution in [-0.4, -0.2) is 96.9 Å². The summed E-state index contributed by atoms with van der Waals surface area (Å²) in [5, 5.41) is 23.0. The van der Waals surface area contributed by atoms with E-state index in [1.807, 2.05) is 32.9 Å². The number of nitrogens with one attached hydrogen (secondary N) is 2. The van der Waals surface area contributed by atoms with Gasteiger partial charge in [0.2, 0.25) is 0 Å². The first-order chi connectivity index (χ1) is 24.6. The summed E-state index contributed by atoms with van der Waals surface area (Å²) in [6.45, 7) is 11.8. The van der Waals surface area contributed by atoms with Gasteiger partial charge in [-0.3, -0.25) is 14.4 Å². The molecule has 1 saturated heterocycles. The molecule has 2 aromatic carbocycles. The smallest absolute Gasteiger partial charge is 0.253 e. The third-order valence-corrected chi connectivity index (χ3v) is 8.87. The van der Waals surface area contributed by atoms with Crippen LogP contribution in [0.5, 0.6) is 0 Å². The van der Waals surface area contributed by atoms with Crippen LogP contribution in [0.1, 0.15) is 95.4 Å². The highest BCUT2D eigenvalue weighted by atomic mass is 19.1. The minimum Gasteiger partial charge on any atom is -0.400 e. The van der Waals surface area contributed by atoms with E-state index in [-0.39, 0.29) is 42.6 Å². The van der Waals surface area contributed by atoms with Gasteiger partial charge < -0.3 is 30.6 Å². The van der Waals surface area contributed by atoms with Crippen molar-refractivity contribution in [3.63, 3.8) is 0 Å². The Bertz CT molecular complexity index is 1430. The van der Waals surface area contributed by atoms with Crippen molar-refractivity contribution < 1.29 is 33.4 Å². The first kappa shape index (κ1) is 43.1. The molecule has 9 nitrogen and oxygen atoms in total. The summed E-state index contributed by atoms with van der Waals surface area (Å²) in [7, 11) is 1.00. The predicted octanol–water partition coefficient (Wildman–Crippen LogP) is 6.72. The summed E-state index contributed by atoms with van der Waals surface area (Å²) in [6, 6.07) is 12.0. The largest absolute Gasteiger partial charge is 0.400 e. The highest BCUT2D eigenvalue weighted by molar-refractivity contribution is 6.00. The standard InChI is InChI=1S/C39H54F2N4O4.CH4O/c1-5-17-44(18-6-2)39(49)33-21-28(4)20-32(24-33)37(47)43-36(23-29(7-3)22-34(41)13-15-40)14-16-42-35-12-8-11-31(25-35)38(48)45-19-9-10-30(26-45)27-46;1-2/h7-8,11-13,20-21,24-25,29-30,36,42,46H,3,5-6,9-10,14-19,22-23,26-27H2,1-2,4H3,(H,43,47);2H,1H3/b34-13+;/t29?,30?,36-;/m1./s1. The van der Waals surface area contributed by atoms with E-state index in [9.17, 15) is 28.3 Å². The molecule has 3 rings (SSSR count). The van der Waals surface area contributed by atoms with Crippen molar-refractivity contribution in [2.75, 3.05) is 58.4 Å². The van der Waals surface area contributed by atoms with Gasteiger partial charge in [0.15, 0.2) is 0 Å². The molecule has 1 heterocycles. The zero-order valence-electron chi connectivity index (χ0n) is 30.8. The second-order valence-corrected chi connectivity index (χ2v) is 13.0. The number of amides is 3. The Morgan fingerprint density at radius 3 is 2.43 bits per heavy atom. The molecular formula is C40H58F2N4O5. The monoisotopic (exact) mass is 712 g/mol. The molecule has 11 heteroatoms. The number of allylic oxidation sites excluding steroid dienone is 3. The van der Waals surface area contributed by atoms with Crippen LogP contribution in [0.4, 0.5) is 14.5 Å². The number of likely N-dealkylation sites (tertiary alicyclic amines) is 1. The van der Waals surface area contributed by atoms with E-state index in [2.05, 4.69) is 17.2 Å². The molecule has 3 amide bonds. The van der Waals surface area contributed by atoms with Crippen molar-refractivity contribution in [3.05, 3.63) is 89.3 Å². The van der Waals surface area contributed by atoms with Gasteiger partial charge in [0.25, 0.3) is 17.7 Å². The number of aliphatic hydroxyl groups excluding tert-OH is 2. The van der Waals surface area contributed by atoms with Crippen LogP contribution in [-0.2, 0) is 0 Å². The summed E-state index contributed by atoms with van der Waals surface area (Å²) >= 11 is 0. The SMILES string of the molecule is C=CC(C/C(F)=C\CF)C[C@@H](CCNc1cccc(C(=O)N2CCCC(CO)C2)c1)NC(=O)c1cc(C)cc(C(=O)N(CCC)CCC)c1.CO. The molecule has 0 aliphatic carbocycles. The molecule has 1 aliphatic heterocycles. The molecule has 51 heavy (non-hydrogen) atoms. The fourth-order valence-electron chi connectivity index (χ4n) is 6.37. The number of halogens is 2. The predicted molar refractivity (Wildman–Crippen MR) is 200 cm³/mol. The Morgan fingerprint density at radius 1 is 1.08 bits per heavy atom. The molecule has 282 valence electrons. The number of alkyl halides is 1. The maximum Gasteiger partial charge on any atom is 0.253 e. The van der Waals surface area contributed by atoms with Crippen LogP contribution >= 0.6 is 0 Å². The van der Waals surface area contributed by atoms with Crippen LogP contribution in [0.3, 0.4) is 0 Å². The number of carbonyl (C=O) groups excluding carboxylic acids is 3. The summed E-state index contributed by atoms with van der Waals surface area (Å²) in [5.74, 6) is -1.37. The molecular weight excluding hydrogens is 654 g/mol. The number of piperidine rings is 1. The normalized spacial score (nSPS) is 15.6. The zero-order valence-corrected chi connectivity index (χ0v) is 30.8. The maximum atomic E-state index is 14.3. The Labute approximate surface area is 302 Å². The van der Waals surface area contributed by atoms with Gasteiger partial charge in [-0.25, -0.2) is 8.78 Å². The Hall–Kier alpha value is -4.09. The average Bonchev–Trinajstić information content (AvgIpc) is 3.14. The van der Waals surface area contributed by atoms with Crippen molar-refractivity contribution in [1.29, 1.82) is 0 Å². The Morgan fingerprint density at radius 2 is 1.78 bits per heavy atom. The summed E-state index contributed by atoms with van der Waals surface area (Å²) < 4.78 is 27.1. The number of hydrogen-bond donors (Lipinski definition) is 4. The van der Waals surface area contributed by atoms with Gasteiger partial charge in [0, 0.05) is 81.3 Å². The molecule has 0 aromatic heterocycles. The number of rotatable bonds is 19. The molecule has 0 radical (unpaired) electrons. The lowest BCUT2D eigenvalue weighted by Gasteiger charge is -2.32. The van der Waals surface area contributed by atoms with Crippen LogP contribution in [0.2, 0.25) is 0 Å². The van der Waals surface area contributed by atoms with Crippen LogP contribution < -0.4 is 10.6 Å². The maximum absolute atomic E-state index is 14.3. The molecule has 2 aromatic rings. The van der Waals surface area contributed by atoms with Crippen LogP contribution in [0.15, 0.2) is 67.0 Å². The molecule has 1 aliphatic rings. The van der Waals surface area contributed by atoms with E-state index < -0.39 is 18.5 Å². The number of hydrogen-bond acceptors (Lipinski definition) is 6. The first-order valence-electron chi connectivity index (χ1n) is 18.1.